The van der Waals surface area contributed by atoms with E-state index in [4.69, 9.17) is 4.42 Å². The summed E-state index contributed by atoms with van der Waals surface area (Å²) in [6, 6.07) is 11.3. The SMILES string of the molecule is O=Cc1ccc(-c2ccccc2N2CCC(O)C2)o1. The summed E-state index contributed by atoms with van der Waals surface area (Å²) in [5.74, 6) is 1.00. The predicted octanol–water partition coefficient (Wildman–Crippen LogP) is 2.33. The number of hydrogen-bond donors (Lipinski definition) is 1. The van der Waals surface area contributed by atoms with Crippen LogP contribution >= 0.6 is 0 Å². The van der Waals surface area contributed by atoms with Gasteiger partial charge in [-0.05, 0) is 30.7 Å². The second-order valence-electron chi connectivity index (χ2n) is 4.73. The normalized spacial score (nSPS) is 18.8. The second-order valence-corrected chi connectivity index (χ2v) is 4.73. The average Bonchev–Trinajstić information content (AvgIpc) is 3.07. The number of para-hydroxylation sites is 1. The first kappa shape index (κ1) is 12.0. The van der Waals surface area contributed by atoms with Gasteiger partial charge in [0, 0.05) is 24.3 Å². The number of aldehydes is 1. The van der Waals surface area contributed by atoms with Crippen molar-refractivity contribution in [3.63, 3.8) is 0 Å². The largest absolute Gasteiger partial charge is 0.453 e. The Morgan fingerprint density at radius 1 is 1.26 bits per heavy atom. The monoisotopic (exact) mass is 257 g/mol. The highest BCUT2D eigenvalue weighted by atomic mass is 16.3. The molecule has 1 aliphatic heterocycles. The molecule has 1 aromatic heterocycles. The van der Waals surface area contributed by atoms with Gasteiger partial charge in [0.25, 0.3) is 0 Å². The number of aliphatic hydroxyl groups excluding tert-OH is 1. The minimum Gasteiger partial charge on any atom is -0.453 e. The molecule has 0 amide bonds. The van der Waals surface area contributed by atoms with E-state index in [1.54, 1.807) is 12.1 Å². The summed E-state index contributed by atoms with van der Waals surface area (Å²) in [6.45, 7) is 1.47. The molecular formula is C15H15NO3. The van der Waals surface area contributed by atoms with Gasteiger partial charge in [0.1, 0.15) is 5.76 Å². The molecule has 1 saturated heterocycles. The highest BCUT2D eigenvalue weighted by Crippen LogP contribution is 2.33. The molecule has 4 heteroatoms. The Morgan fingerprint density at radius 2 is 2.11 bits per heavy atom. The number of furan rings is 1. The van der Waals surface area contributed by atoms with Crippen LogP contribution in [0.3, 0.4) is 0 Å². The van der Waals surface area contributed by atoms with Crippen molar-refractivity contribution in [1.29, 1.82) is 0 Å². The molecule has 1 N–H and O–H groups in total. The maximum absolute atomic E-state index is 10.7. The molecule has 3 rings (SSSR count). The van der Waals surface area contributed by atoms with E-state index in [-0.39, 0.29) is 6.10 Å². The molecule has 2 heterocycles. The van der Waals surface area contributed by atoms with Crippen molar-refractivity contribution in [1.82, 2.24) is 0 Å². The maximum atomic E-state index is 10.7. The van der Waals surface area contributed by atoms with Crippen molar-refractivity contribution in [2.45, 2.75) is 12.5 Å². The molecule has 0 bridgehead atoms. The molecule has 19 heavy (non-hydrogen) atoms. The topological polar surface area (TPSA) is 53.7 Å². The fourth-order valence-corrected chi connectivity index (χ4v) is 2.48. The summed E-state index contributed by atoms with van der Waals surface area (Å²) >= 11 is 0. The summed E-state index contributed by atoms with van der Waals surface area (Å²) in [5, 5.41) is 9.65. The van der Waals surface area contributed by atoms with Gasteiger partial charge >= 0.3 is 0 Å². The number of carbonyl (C=O) groups is 1. The maximum Gasteiger partial charge on any atom is 0.185 e. The van der Waals surface area contributed by atoms with Crippen LogP contribution in [0.25, 0.3) is 11.3 Å². The Hall–Kier alpha value is -2.07. The van der Waals surface area contributed by atoms with Crippen LogP contribution in [-0.2, 0) is 0 Å². The third-order valence-corrected chi connectivity index (χ3v) is 3.42. The quantitative estimate of drug-likeness (QED) is 0.857. The number of hydrogen-bond acceptors (Lipinski definition) is 4. The predicted molar refractivity (Wildman–Crippen MR) is 72.4 cm³/mol. The minimum atomic E-state index is -0.268. The molecule has 1 fully saturated rings. The third kappa shape index (κ3) is 2.27. The Balaban J connectivity index is 1.99. The number of aliphatic hydroxyl groups is 1. The zero-order valence-electron chi connectivity index (χ0n) is 10.5. The van der Waals surface area contributed by atoms with Crippen LogP contribution in [0.5, 0.6) is 0 Å². The lowest BCUT2D eigenvalue weighted by molar-refractivity contribution is 0.110. The van der Waals surface area contributed by atoms with E-state index in [9.17, 15) is 9.90 Å². The van der Waals surface area contributed by atoms with E-state index in [2.05, 4.69) is 4.90 Å². The minimum absolute atomic E-state index is 0.268. The average molecular weight is 257 g/mol. The van der Waals surface area contributed by atoms with E-state index >= 15 is 0 Å². The van der Waals surface area contributed by atoms with Gasteiger partial charge in [0.15, 0.2) is 12.0 Å². The van der Waals surface area contributed by atoms with E-state index in [0.29, 0.717) is 24.4 Å². The van der Waals surface area contributed by atoms with Gasteiger partial charge in [-0.25, -0.2) is 0 Å². The fourth-order valence-electron chi connectivity index (χ4n) is 2.48. The first-order valence-electron chi connectivity index (χ1n) is 6.35. The molecule has 1 unspecified atom stereocenters. The van der Waals surface area contributed by atoms with E-state index < -0.39 is 0 Å². The molecule has 0 saturated carbocycles. The first-order chi connectivity index (χ1) is 9.28. The third-order valence-electron chi connectivity index (χ3n) is 3.42. The highest BCUT2D eigenvalue weighted by molar-refractivity contribution is 5.78. The van der Waals surface area contributed by atoms with Crippen molar-refractivity contribution < 1.29 is 14.3 Å². The van der Waals surface area contributed by atoms with Gasteiger partial charge in [-0.3, -0.25) is 4.79 Å². The summed E-state index contributed by atoms with van der Waals surface area (Å²) in [4.78, 5) is 12.8. The zero-order chi connectivity index (χ0) is 13.2. The highest BCUT2D eigenvalue weighted by Gasteiger charge is 2.23. The molecule has 98 valence electrons. The van der Waals surface area contributed by atoms with Gasteiger partial charge in [0.2, 0.25) is 0 Å². The Morgan fingerprint density at radius 3 is 2.79 bits per heavy atom. The van der Waals surface area contributed by atoms with Crippen molar-refractivity contribution in [3.05, 3.63) is 42.2 Å². The number of benzene rings is 1. The summed E-state index contributed by atoms with van der Waals surface area (Å²) in [5.41, 5.74) is 1.98. The number of nitrogens with zero attached hydrogens (tertiary/aromatic N) is 1. The second kappa shape index (κ2) is 4.90. The van der Waals surface area contributed by atoms with Crippen LogP contribution in [0, 0.1) is 0 Å². The lowest BCUT2D eigenvalue weighted by Crippen LogP contribution is -2.21. The molecule has 1 aliphatic rings. The Labute approximate surface area is 111 Å². The van der Waals surface area contributed by atoms with E-state index in [0.717, 1.165) is 24.2 Å². The fraction of sp³-hybridized carbons (Fsp3) is 0.267. The van der Waals surface area contributed by atoms with Crippen molar-refractivity contribution >= 4 is 12.0 Å². The smallest absolute Gasteiger partial charge is 0.185 e. The molecule has 2 aromatic rings. The van der Waals surface area contributed by atoms with Gasteiger partial charge in [-0.2, -0.15) is 0 Å². The van der Waals surface area contributed by atoms with Crippen molar-refractivity contribution in [2.75, 3.05) is 18.0 Å². The van der Waals surface area contributed by atoms with Crippen LogP contribution < -0.4 is 4.90 Å². The summed E-state index contributed by atoms with van der Waals surface area (Å²) in [6.07, 6.45) is 1.22. The van der Waals surface area contributed by atoms with Gasteiger partial charge in [0.05, 0.1) is 6.10 Å². The standard InChI is InChI=1S/C15H15NO3/c17-10-12-5-6-15(19-12)13-3-1-2-4-14(13)16-8-7-11(18)9-16/h1-6,10-11,18H,7-9H2. The first-order valence-corrected chi connectivity index (χ1v) is 6.35. The molecule has 0 radical (unpaired) electrons. The zero-order valence-corrected chi connectivity index (χ0v) is 10.5. The van der Waals surface area contributed by atoms with Crippen molar-refractivity contribution in [3.8, 4) is 11.3 Å². The molecule has 0 aliphatic carbocycles. The molecule has 0 spiro atoms. The van der Waals surface area contributed by atoms with Crippen LogP contribution in [-0.4, -0.2) is 30.6 Å². The number of carbonyl (C=O) groups excluding carboxylic acids is 1. The van der Waals surface area contributed by atoms with Gasteiger partial charge in [-0.15, -0.1) is 0 Å². The number of rotatable bonds is 3. The van der Waals surface area contributed by atoms with Gasteiger partial charge < -0.3 is 14.4 Å². The number of β-amino-alcohol motifs (C(OH)–C–C–N with tert-alkyl or cyclic N) is 1. The molecule has 4 nitrogen and oxygen atoms in total. The lowest BCUT2D eigenvalue weighted by atomic mass is 10.1. The van der Waals surface area contributed by atoms with E-state index in [1.807, 2.05) is 24.3 Å². The number of anilines is 1. The summed E-state index contributed by atoms with van der Waals surface area (Å²) in [7, 11) is 0. The van der Waals surface area contributed by atoms with Crippen molar-refractivity contribution in [2.24, 2.45) is 0 Å². The van der Waals surface area contributed by atoms with Crippen LogP contribution in [0.1, 0.15) is 17.0 Å². The Kier molecular flexibility index (Phi) is 3.09. The van der Waals surface area contributed by atoms with Crippen LogP contribution in [0.2, 0.25) is 0 Å². The Bertz CT molecular complexity index is 591. The van der Waals surface area contributed by atoms with E-state index in [1.165, 1.54) is 0 Å². The molecular weight excluding hydrogens is 242 g/mol. The summed E-state index contributed by atoms with van der Waals surface area (Å²) < 4.78 is 5.49. The molecule has 1 aromatic carbocycles. The van der Waals surface area contributed by atoms with Crippen LogP contribution in [0.4, 0.5) is 5.69 Å². The van der Waals surface area contributed by atoms with Crippen LogP contribution in [0.15, 0.2) is 40.8 Å². The van der Waals surface area contributed by atoms with Gasteiger partial charge in [-0.1, -0.05) is 12.1 Å². The lowest BCUT2D eigenvalue weighted by Gasteiger charge is -2.20. The molecule has 1 atom stereocenters.